The summed E-state index contributed by atoms with van der Waals surface area (Å²) in [7, 11) is 0. The maximum absolute atomic E-state index is 12.3. The van der Waals surface area contributed by atoms with Crippen molar-refractivity contribution in [3.8, 4) is 0 Å². The van der Waals surface area contributed by atoms with E-state index in [4.69, 9.17) is 5.73 Å². The quantitative estimate of drug-likeness (QED) is 0.892. The van der Waals surface area contributed by atoms with Crippen LogP contribution in [0.4, 0.5) is 0 Å². The first-order valence-corrected chi connectivity index (χ1v) is 6.56. The van der Waals surface area contributed by atoms with Gasteiger partial charge in [-0.3, -0.25) is 9.78 Å². The third-order valence-electron chi connectivity index (χ3n) is 3.38. The van der Waals surface area contributed by atoms with Crippen LogP contribution in [0.5, 0.6) is 0 Å². The molecule has 1 unspecified atom stereocenters. The fraction of sp³-hybridized carbons (Fsp3) is 0.250. The van der Waals surface area contributed by atoms with Gasteiger partial charge in [-0.15, -0.1) is 0 Å². The molecule has 20 heavy (non-hydrogen) atoms. The number of amides is 1. The predicted octanol–water partition coefficient (Wildman–Crippen LogP) is 1.99. The van der Waals surface area contributed by atoms with E-state index in [1.54, 1.807) is 12.3 Å². The summed E-state index contributed by atoms with van der Waals surface area (Å²) in [4.78, 5) is 16.4. The fourth-order valence-corrected chi connectivity index (χ4v) is 1.97. The lowest BCUT2D eigenvalue weighted by Crippen LogP contribution is -2.48. The Kier molecular flexibility index (Phi) is 4.15. The third kappa shape index (κ3) is 3.03. The average molecular weight is 269 g/mol. The van der Waals surface area contributed by atoms with Crippen molar-refractivity contribution >= 4 is 5.91 Å². The fourth-order valence-electron chi connectivity index (χ4n) is 1.97. The maximum atomic E-state index is 12.3. The second-order valence-corrected chi connectivity index (χ2v) is 5.04. The van der Waals surface area contributed by atoms with Crippen molar-refractivity contribution in [2.24, 2.45) is 5.73 Å². The number of pyridine rings is 1. The second kappa shape index (κ2) is 5.84. The van der Waals surface area contributed by atoms with Crippen molar-refractivity contribution in [1.82, 2.24) is 10.3 Å². The maximum Gasteiger partial charge on any atom is 0.253 e. The molecule has 4 nitrogen and oxygen atoms in total. The summed E-state index contributed by atoms with van der Waals surface area (Å²) < 4.78 is 0. The number of hydrogen-bond acceptors (Lipinski definition) is 3. The molecule has 104 valence electrons. The van der Waals surface area contributed by atoms with Crippen LogP contribution in [0, 0.1) is 6.92 Å². The largest absolute Gasteiger partial charge is 0.341 e. The average Bonchev–Trinajstić information content (AvgIpc) is 2.48. The Morgan fingerprint density at radius 3 is 2.50 bits per heavy atom. The first kappa shape index (κ1) is 14.2. The van der Waals surface area contributed by atoms with Gasteiger partial charge in [0, 0.05) is 18.4 Å². The molecule has 1 atom stereocenters. The van der Waals surface area contributed by atoms with Gasteiger partial charge in [0.05, 0.1) is 11.1 Å². The van der Waals surface area contributed by atoms with Crippen LogP contribution in [-0.2, 0) is 5.54 Å². The standard InChI is InChI=1S/C16H19N3O/c1-12-8-9-13(10-18-12)15(20)19-16(2,11-17)14-6-4-3-5-7-14/h3-10H,11,17H2,1-2H3,(H,19,20). The number of nitrogens with one attached hydrogen (secondary N) is 1. The van der Waals surface area contributed by atoms with E-state index in [2.05, 4.69) is 10.3 Å². The molecule has 1 heterocycles. The normalized spacial score (nSPS) is 13.6. The Hall–Kier alpha value is -2.20. The zero-order chi connectivity index (χ0) is 14.6. The van der Waals surface area contributed by atoms with E-state index in [0.717, 1.165) is 11.3 Å². The molecule has 1 aromatic carbocycles. The van der Waals surface area contributed by atoms with Crippen LogP contribution < -0.4 is 11.1 Å². The van der Waals surface area contributed by atoms with Gasteiger partial charge in [0.2, 0.25) is 0 Å². The van der Waals surface area contributed by atoms with Crippen LogP contribution in [0.15, 0.2) is 48.7 Å². The SMILES string of the molecule is Cc1ccc(C(=O)NC(C)(CN)c2ccccc2)cn1. The van der Waals surface area contributed by atoms with E-state index in [0.29, 0.717) is 12.1 Å². The molecule has 0 aliphatic carbocycles. The van der Waals surface area contributed by atoms with Crippen LogP contribution in [0.2, 0.25) is 0 Å². The summed E-state index contributed by atoms with van der Waals surface area (Å²) in [5.41, 5.74) is 7.66. The van der Waals surface area contributed by atoms with Gasteiger partial charge in [0.1, 0.15) is 0 Å². The Morgan fingerprint density at radius 1 is 1.25 bits per heavy atom. The lowest BCUT2D eigenvalue weighted by atomic mass is 9.91. The van der Waals surface area contributed by atoms with E-state index in [9.17, 15) is 4.79 Å². The highest BCUT2D eigenvalue weighted by Gasteiger charge is 2.27. The minimum absolute atomic E-state index is 0.172. The number of hydrogen-bond donors (Lipinski definition) is 2. The monoisotopic (exact) mass is 269 g/mol. The molecule has 3 N–H and O–H groups in total. The molecule has 0 fully saturated rings. The molecule has 0 aliphatic heterocycles. The third-order valence-corrected chi connectivity index (χ3v) is 3.38. The summed E-state index contributed by atoms with van der Waals surface area (Å²) >= 11 is 0. The molecule has 0 spiro atoms. The van der Waals surface area contributed by atoms with Crippen molar-refractivity contribution in [3.05, 3.63) is 65.5 Å². The van der Waals surface area contributed by atoms with Gasteiger partial charge in [0.15, 0.2) is 0 Å². The molecular weight excluding hydrogens is 250 g/mol. The van der Waals surface area contributed by atoms with Gasteiger partial charge < -0.3 is 11.1 Å². The summed E-state index contributed by atoms with van der Waals surface area (Å²) in [6.45, 7) is 4.12. The van der Waals surface area contributed by atoms with Crippen LogP contribution in [-0.4, -0.2) is 17.4 Å². The van der Waals surface area contributed by atoms with Crippen molar-refractivity contribution in [2.45, 2.75) is 19.4 Å². The van der Waals surface area contributed by atoms with Crippen molar-refractivity contribution in [3.63, 3.8) is 0 Å². The van der Waals surface area contributed by atoms with Crippen molar-refractivity contribution in [2.75, 3.05) is 6.54 Å². The van der Waals surface area contributed by atoms with Crippen LogP contribution in [0.25, 0.3) is 0 Å². The van der Waals surface area contributed by atoms with Gasteiger partial charge in [0.25, 0.3) is 5.91 Å². The van der Waals surface area contributed by atoms with Crippen LogP contribution >= 0.6 is 0 Å². The first-order chi connectivity index (χ1) is 9.55. The Morgan fingerprint density at radius 2 is 1.95 bits per heavy atom. The Labute approximate surface area is 119 Å². The zero-order valence-electron chi connectivity index (χ0n) is 11.8. The van der Waals surface area contributed by atoms with Crippen molar-refractivity contribution in [1.29, 1.82) is 0 Å². The van der Waals surface area contributed by atoms with Gasteiger partial charge in [-0.05, 0) is 31.5 Å². The summed E-state index contributed by atoms with van der Waals surface area (Å²) in [5.74, 6) is -0.172. The number of rotatable bonds is 4. The topological polar surface area (TPSA) is 68.0 Å². The highest BCUT2D eigenvalue weighted by atomic mass is 16.1. The molecule has 0 saturated carbocycles. The van der Waals surface area contributed by atoms with E-state index < -0.39 is 5.54 Å². The molecule has 1 amide bonds. The molecule has 0 aliphatic rings. The number of carbonyl (C=O) groups excluding carboxylic acids is 1. The molecule has 0 saturated heterocycles. The minimum atomic E-state index is -0.594. The molecule has 0 radical (unpaired) electrons. The lowest BCUT2D eigenvalue weighted by molar-refractivity contribution is 0.0907. The molecule has 2 rings (SSSR count). The number of carbonyl (C=O) groups is 1. The van der Waals surface area contributed by atoms with Gasteiger partial charge in [-0.1, -0.05) is 30.3 Å². The summed E-state index contributed by atoms with van der Waals surface area (Å²) in [6.07, 6.45) is 1.58. The zero-order valence-corrected chi connectivity index (χ0v) is 11.8. The van der Waals surface area contributed by atoms with Crippen molar-refractivity contribution < 1.29 is 4.79 Å². The lowest BCUT2D eigenvalue weighted by Gasteiger charge is -2.30. The Bertz CT molecular complexity index is 580. The van der Waals surface area contributed by atoms with E-state index in [-0.39, 0.29) is 5.91 Å². The number of nitrogens with two attached hydrogens (primary N) is 1. The van der Waals surface area contributed by atoms with Gasteiger partial charge in [-0.25, -0.2) is 0 Å². The highest BCUT2D eigenvalue weighted by Crippen LogP contribution is 2.19. The Balaban J connectivity index is 2.22. The number of aryl methyl sites for hydroxylation is 1. The second-order valence-electron chi connectivity index (χ2n) is 5.04. The first-order valence-electron chi connectivity index (χ1n) is 6.56. The highest BCUT2D eigenvalue weighted by molar-refractivity contribution is 5.94. The molecule has 0 bridgehead atoms. The van der Waals surface area contributed by atoms with Gasteiger partial charge >= 0.3 is 0 Å². The van der Waals surface area contributed by atoms with E-state index in [1.165, 1.54) is 0 Å². The summed E-state index contributed by atoms with van der Waals surface area (Å²) in [5, 5.41) is 2.99. The van der Waals surface area contributed by atoms with E-state index in [1.807, 2.05) is 50.2 Å². The molecule has 4 heteroatoms. The number of nitrogens with zero attached hydrogens (tertiary/aromatic N) is 1. The summed E-state index contributed by atoms with van der Waals surface area (Å²) in [6, 6.07) is 13.3. The minimum Gasteiger partial charge on any atom is -0.341 e. The van der Waals surface area contributed by atoms with Crippen LogP contribution in [0.1, 0.15) is 28.5 Å². The van der Waals surface area contributed by atoms with Crippen LogP contribution in [0.3, 0.4) is 0 Å². The predicted molar refractivity (Wildman–Crippen MR) is 79.3 cm³/mol. The molecule has 2 aromatic rings. The van der Waals surface area contributed by atoms with E-state index >= 15 is 0 Å². The smallest absolute Gasteiger partial charge is 0.253 e. The number of benzene rings is 1. The van der Waals surface area contributed by atoms with Gasteiger partial charge in [-0.2, -0.15) is 0 Å². The molecule has 1 aromatic heterocycles. The molecular formula is C16H19N3O. The number of aromatic nitrogens is 1.